The summed E-state index contributed by atoms with van der Waals surface area (Å²) in [7, 11) is 0. The first kappa shape index (κ1) is 16.2. The summed E-state index contributed by atoms with van der Waals surface area (Å²) >= 11 is 0. The molecule has 2 aromatic rings. The van der Waals surface area contributed by atoms with Crippen molar-refractivity contribution in [2.24, 2.45) is 0 Å². The van der Waals surface area contributed by atoms with E-state index in [-0.39, 0.29) is 6.10 Å². The highest BCUT2D eigenvalue weighted by atomic mass is 16.5. The van der Waals surface area contributed by atoms with Crippen LogP contribution in [0.1, 0.15) is 6.92 Å². The molecule has 1 aliphatic rings. The highest BCUT2D eigenvalue weighted by Gasteiger charge is 2.17. The third-order valence-electron chi connectivity index (χ3n) is 4.40. The van der Waals surface area contributed by atoms with E-state index in [0.29, 0.717) is 6.61 Å². The molecule has 0 aliphatic carbocycles. The fourth-order valence-corrected chi connectivity index (χ4v) is 3.18. The van der Waals surface area contributed by atoms with Gasteiger partial charge in [-0.25, -0.2) is 0 Å². The van der Waals surface area contributed by atoms with Gasteiger partial charge in [0.1, 0.15) is 12.4 Å². The molecule has 0 spiro atoms. The third-order valence-corrected chi connectivity index (χ3v) is 4.40. The first-order valence-electron chi connectivity index (χ1n) is 8.46. The van der Waals surface area contributed by atoms with Gasteiger partial charge in [0.2, 0.25) is 0 Å². The number of rotatable bonds is 6. The van der Waals surface area contributed by atoms with Crippen molar-refractivity contribution in [3.8, 4) is 5.75 Å². The lowest BCUT2D eigenvalue weighted by atomic mass is 10.1. The number of piperazine rings is 1. The second-order valence-corrected chi connectivity index (χ2v) is 6.32. The third kappa shape index (κ3) is 4.44. The van der Waals surface area contributed by atoms with Crippen LogP contribution in [0.2, 0.25) is 0 Å². The molecule has 1 aliphatic heterocycles. The molecule has 1 heterocycles. The minimum atomic E-state index is -0.240. The summed E-state index contributed by atoms with van der Waals surface area (Å²) in [5.74, 6) is 0.968. The van der Waals surface area contributed by atoms with Crippen molar-refractivity contribution in [2.45, 2.75) is 13.0 Å². The monoisotopic (exact) mass is 314 g/mol. The second-order valence-electron chi connectivity index (χ2n) is 6.32. The smallest absolute Gasteiger partial charge is 0.127 e. The lowest BCUT2D eigenvalue weighted by Crippen LogP contribution is -2.49. The van der Waals surface area contributed by atoms with Crippen molar-refractivity contribution in [1.29, 1.82) is 0 Å². The number of nitrogens with zero attached hydrogens (tertiary/aromatic N) is 2. The average Bonchev–Trinajstić information content (AvgIpc) is 2.56. The minimum absolute atomic E-state index is 0.240. The average molecular weight is 314 g/mol. The Morgan fingerprint density at radius 3 is 2.48 bits per heavy atom. The van der Waals surface area contributed by atoms with Crippen LogP contribution >= 0.6 is 0 Å². The first-order valence-corrected chi connectivity index (χ1v) is 8.46. The molecule has 0 unspecified atom stereocenters. The molecule has 23 heavy (non-hydrogen) atoms. The molecular weight excluding hydrogens is 288 g/mol. The van der Waals surface area contributed by atoms with Gasteiger partial charge in [0.05, 0.1) is 6.10 Å². The molecule has 4 nitrogen and oxygen atoms in total. The molecule has 0 amide bonds. The molecule has 1 saturated heterocycles. The van der Waals surface area contributed by atoms with Crippen molar-refractivity contribution in [1.82, 2.24) is 9.80 Å². The van der Waals surface area contributed by atoms with Crippen LogP contribution in [0.25, 0.3) is 10.8 Å². The summed E-state index contributed by atoms with van der Waals surface area (Å²) in [6, 6.07) is 14.5. The lowest BCUT2D eigenvalue weighted by Gasteiger charge is -2.35. The number of aliphatic hydroxyl groups is 1. The maximum Gasteiger partial charge on any atom is 0.127 e. The number of hydrogen-bond donors (Lipinski definition) is 1. The Balaban J connectivity index is 1.47. The van der Waals surface area contributed by atoms with E-state index < -0.39 is 0 Å². The number of hydrogen-bond acceptors (Lipinski definition) is 4. The van der Waals surface area contributed by atoms with Crippen LogP contribution in [-0.2, 0) is 0 Å². The van der Waals surface area contributed by atoms with Gasteiger partial charge in [-0.2, -0.15) is 0 Å². The minimum Gasteiger partial charge on any atom is -0.492 e. The van der Waals surface area contributed by atoms with Gasteiger partial charge in [0.25, 0.3) is 0 Å². The first-order chi connectivity index (χ1) is 11.2. The van der Waals surface area contributed by atoms with Gasteiger partial charge in [-0.15, -0.1) is 0 Å². The van der Waals surface area contributed by atoms with Crippen molar-refractivity contribution in [3.05, 3.63) is 42.5 Å². The van der Waals surface area contributed by atoms with E-state index in [9.17, 15) is 5.11 Å². The van der Waals surface area contributed by atoms with Crippen LogP contribution in [0.15, 0.2) is 42.5 Å². The molecule has 4 heteroatoms. The maximum atomic E-state index is 9.45. The Morgan fingerprint density at radius 2 is 1.70 bits per heavy atom. The van der Waals surface area contributed by atoms with Gasteiger partial charge in [-0.1, -0.05) is 36.4 Å². The van der Waals surface area contributed by atoms with Crippen molar-refractivity contribution < 1.29 is 9.84 Å². The van der Waals surface area contributed by atoms with Crippen LogP contribution in [0.5, 0.6) is 5.75 Å². The van der Waals surface area contributed by atoms with E-state index in [1.54, 1.807) is 0 Å². The zero-order valence-corrected chi connectivity index (χ0v) is 13.8. The van der Waals surface area contributed by atoms with Gasteiger partial charge in [0.15, 0.2) is 0 Å². The molecule has 0 radical (unpaired) electrons. The van der Waals surface area contributed by atoms with Gasteiger partial charge < -0.3 is 9.84 Å². The SMILES string of the molecule is C[C@@H](O)CN1CCN(CCOc2cccc3ccccc23)CC1. The van der Waals surface area contributed by atoms with Gasteiger partial charge in [0, 0.05) is 44.7 Å². The number of fused-ring (bicyclic) bond motifs is 1. The Morgan fingerprint density at radius 1 is 1.00 bits per heavy atom. The van der Waals surface area contributed by atoms with E-state index in [1.807, 2.05) is 19.1 Å². The van der Waals surface area contributed by atoms with Crippen molar-refractivity contribution in [3.63, 3.8) is 0 Å². The standard InChI is InChI=1S/C19H26N2O2/c1-16(22)15-21-11-9-20(10-12-21)13-14-23-19-8-4-6-17-5-2-3-7-18(17)19/h2-8,16,22H,9-15H2,1H3/t16-/m1/s1. The molecule has 1 N–H and O–H groups in total. The van der Waals surface area contributed by atoms with Crippen LogP contribution in [0, 0.1) is 0 Å². The van der Waals surface area contributed by atoms with Crippen LogP contribution in [-0.4, -0.2) is 66.9 Å². The van der Waals surface area contributed by atoms with E-state index in [4.69, 9.17) is 4.74 Å². The van der Waals surface area contributed by atoms with Crippen LogP contribution in [0.4, 0.5) is 0 Å². The Labute approximate surface area is 138 Å². The molecule has 0 bridgehead atoms. The largest absolute Gasteiger partial charge is 0.492 e. The maximum absolute atomic E-state index is 9.45. The summed E-state index contributed by atoms with van der Waals surface area (Å²) < 4.78 is 6.02. The van der Waals surface area contributed by atoms with Crippen LogP contribution < -0.4 is 4.74 Å². The molecule has 0 aromatic heterocycles. The van der Waals surface area contributed by atoms with Gasteiger partial charge in [-0.3, -0.25) is 9.80 Å². The quantitative estimate of drug-likeness (QED) is 0.887. The topological polar surface area (TPSA) is 35.9 Å². The second kappa shape index (κ2) is 7.77. The van der Waals surface area contributed by atoms with Crippen LogP contribution in [0.3, 0.4) is 0 Å². The number of ether oxygens (including phenoxy) is 1. The normalized spacial score (nSPS) is 18.2. The molecule has 124 valence electrons. The molecular formula is C19H26N2O2. The molecule has 3 rings (SSSR count). The van der Waals surface area contributed by atoms with E-state index in [0.717, 1.165) is 45.0 Å². The highest BCUT2D eigenvalue weighted by molar-refractivity contribution is 5.88. The lowest BCUT2D eigenvalue weighted by molar-refractivity contribution is 0.0751. The van der Waals surface area contributed by atoms with E-state index in [2.05, 4.69) is 40.1 Å². The summed E-state index contributed by atoms with van der Waals surface area (Å²) in [5, 5.41) is 11.8. The Kier molecular flexibility index (Phi) is 5.49. The number of benzene rings is 2. The van der Waals surface area contributed by atoms with E-state index >= 15 is 0 Å². The van der Waals surface area contributed by atoms with Gasteiger partial charge in [-0.05, 0) is 18.4 Å². The predicted molar refractivity (Wildman–Crippen MR) is 94.0 cm³/mol. The van der Waals surface area contributed by atoms with Gasteiger partial charge >= 0.3 is 0 Å². The molecule has 2 aromatic carbocycles. The molecule has 0 saturated carbocycles. The summed E-state index contributed by atoms with van der Waals surface area (Å²) in [4.78, 5) is 4.76. The zero-order valence-electron chi connectivity index (χ0n) is 13.8. The Bertz CT molecular complexity index is 616. The zero-order chi connectivity index (χ0) is 16.1. The summed E-state index contributed by atoms with van der Waals surface area (Å²) in [6.45, 7) is 8.44. The predicted octanol–water partition coefficient (Wildman–Crippen LogP) is 2.22. The number of β-amino-alcohol motifs (C(OH)–C–C–N with tert-alkyl or cyclic N) is 1. The van der Waals surface area contributed by atoms with E-state index in [1.165, 1.54) is 10.8 Å². The molecule has 1 atom stereocenters. The fraction of sp³-hybridized carbons (Fsp3) is 0.474. The molecule has 1 fully saturated rings. The van der Waals surface area contributed by atoms with Crippen molar-refractivity contribution >= 4 is 10.8 Å². The van der Waals surface area contributed by atoms with Crippen molar-refractivity contribution in [2.75, 3.05) is 45.9 Å². The number of aliphatic hydroxyl groups excluding tert-OH is 1. The fourth-order valence-electron chi connectivity index (χ4n) is 3.18. The summed E-state index contributed by atoms with van der Waals surface area (Å²) in [6.07, 6.45) is -0.240. The Hall–Kier alpha value is -1.62. The summed E-state index contributed by atoms with van der Waals surface area (Å²) in [5.41, 5.74) is 0. The highest BCUT2D eigenvalue weighted by Crippen LogP contribution is 2.25.